The van der Waals surface area contributed by atoms with Gasteiger partial charge in [0.25, 0.3) is 5.91 Å². The van der Waals surface area contributed by atoms with E-state index in [0.29, 0.717) is 11.5 Å². The Balaban J connectivity index is 1.59. The van der Waals surface area contributed by atoms with Gasteiger partial charge in [0, 0.05) is 25.4 Å². The number of amides is 1. The monoisotopic (exact) mass is 364 g/mol. The highest BCUT2D eigenvalue weighted by Gasteiger charge is 2.17. The summed E-state index contributed by atoms with van der Waals surface area (Å²) >= 11 is 1.65. The second kappa shape index (κ2) is 7.17. The van der Waals surface area contributed by atoms with Crippen molar-refractivity contribution in [1.29, 1.82) is 0 Å². The zero-order valence-corrected chi connectivity index (χ0v) is 15.4. The van der Waals surface area contributed by atoms with Crippen molar-refractivity contribution in [3.05, 3.63) is 71.4 Å². The van der Waals surface area contributed by atoms with Crippen LogP contribution in [0.2, 0.25) is 0 Å². The molecule has 4 aromatic rings. The molecule has 1 amide bonds. The predicted molar refractivity (Wildman–Crippen MR) is 106 cm³/mol. The maximum Gasteiger partial charge on any atom is 0.273 e. The van der Waals surface area contributed by atoms with E-state index in [0.717, 1.165) is 29.7 Å². The SMILES string of the molecule is CCn1ccc(NC(=O)c2cc3sccc3n2CCc2ccccc2)n1. The standard InChI is InChI=1S/C20H20N4OS/c1-2-23-11-9-19(22-23)21-20(25)17-14-18-16(10-13-26-18)24(17)12-8-15-6-4-3-5-7-15/h3-7,9-11,13-14H,2,8,12H2,1H3,(H,21,22,25). The van der Waals surface area contributed by atoms with Crippen molar-refractivity contribution in [1.82, 2.24) is 14.3 Å². The first-order valence-electron chi connectivity index (χ1n) is 8.70. The van der Waals surface area contributed by atoms with Crippen LogP contribution in [0.3, 0.4) is 0 Å². The molecule has 0 radical (unpaired) electrons. The van der Waals surface area contributed by atoms with Gasteiger partial charge < -0.3 is 9.88 Å². The van der Waals surface area contributed by atoms with Crippen LogP contribution >= 0.6 is 11.3 Å². The highest BCUT2D eigenvalue weighted by atomic mass is 32.1. The average molecular weight is 364 g/mol. The molecule has 0 saturated heterocycles. The largest absolute Gasteiger partial charge is 0.335 e. The summed E-state index contributed by atoms with van der Waals surface area (Å²) in [5.74, 6) is 0.457. The second-order valence-electron chi connectivity index (χ2n) is 6.10. The van der Waals surface area contributed by atoms with Gasteiger partial charge in [0.15, 0.2) is 5.82 Å². The number of benzene rings is 1. The number of hydrogen-bond acceptors (Lipinski definition) is 3. The first kappa shape index (κ1) is 16.6. The van der Waals surface area contributed by atoms with E-state index in [9.17, 15) is 4.79 Å². The minimum absolute atomic E-state index is 0.122. The van der Waals surface area contributed by atoms with Crippen molar-refractivity contribution in [2.45, 2.75) is 26.4 Å². The molecule has 0 bridgehead atoms. The molecule has 4 rings (SSSR count). The fraction of sp³-hybridized carbons (Fsp3) is 0.200. The number of nitrogens with zero attached hydrogens (tertiary/aromatic N) is 3. The third kappa shape index (κ3) is 3.28. The van der Waals surface area contributed by atoms with Gasteiger partial charge in [0.2, 0.25) is 0 Å². The Morgan fingerprint density at radius 3 is 2.81 bits per heavy atom. The summed E-state index contributed by atoms with van der Waals surface area (Å²) in [4.78, 5) is 12.8. The van der Waals surface area contributed by atoms with E-state index in [1.807, 2.05) is 43.5 Å². The molecule has 0 unspecified atom stereocenters. The fourth-order valence-electron chi connectivity index (χ4n) is 3.08. The molecule has 3 aromatic heterocycles. The lowest BCUT2D eigenvalue weighted by Gasteiger charge is -2.10. The number of rotatable bonds is 6. The van der Waals surface area contributed by atoms with Crippen LogP contribution in [0.15, 0.2) is 60.1 Å². The number of anilines is 1. The summed E-state index contributed by atoms with van der Waals surface area (Å²) in [7, 11) is 0. The Morgan fingerprint density at radius 1 is 1.19 bits per heavy atom. The van der Waals surface area contributed by atoms with Gasteiger partial charge >= 0.3 is 0 Å². The molecule has 0 aliphatic heterocycles. The topological polar surface area (TPSA) is 51.9 Å². The highest BCUT2D eigenvalue weighted by Crippen LogP contribution is 2.26. The molecule has 0 saturated carbocycles. The molecule has 0 aliphatic rings. The lowest BCUT2D eigenvalue weighted by atomic mass is 10.1. The third-order valence-electron chi connectivity index (χ3n) is 4.43. The predicted octanol–water partition coefficient (Wildman–Crippen LogP) is 4.41. The molecule has 6 heteroatoms. The number of aryl methyl sites for hydroxylation is 3. The minimum atomic E-state index is -0.122. The van der Waals surface area contributed by atoms with E-state index in [2.05, 4.69) is 38.6 Å². The first-order chi connectivity index (χ1) is 12.7. The van der Waals surface area contributed by atoms with Crippen molar-refractivity contribution in [2.75, 3.05) is 5.32 Å². The third-order valence-corrected chi connectivity index (χ3v) is 5.28. The van der Waals surface area contributed by atoms with Crippen molar-refractivity contribution in [2.24, 2.45) is 0 Å². The molecule has 132 valence electrons. The number of fused-ring (bicyclic) bond motifs is 1. The van der Waals surface area contributed by atoms with Gasteiger partial charge in [-0.3, -0.25) is 9.48 Å². The van der Waals surface area contributed by atoms with Crippen LogP contribution in [-0.2, 0) is 19.5 Å². The zero-order chi connectivity index (χ0) is 17.9. The van der Waals surface area contributed by atoms with Crippen LogP contribution in [0.4, 0.5) is 5.82 Å². The van der Waals surface area contributed by atoms with E-state index < -0.39 is 0 Å². The van der Waals surface area contributed by atoms with Crippen LogP contribution in [0, 0.1) is 0 Å². The summed E-state index contributed by atoms with van der Waals surface area (Å²) in [5.41, 5.74) is 3.04. The van der Waals surface area contributed by atoms with Crippen LogP contribution < -0.4 is 5.32 Å². The number of carbonyl (C=O) groups is 1. The lowest BCUT2D eigenvalue weighted by molar-refractivity contribution is 0.101. The first-order valence-corrected chi connectivity index (χ1v) is 9.58. The molecule has 0 spiro atoms. The maximum atomic E-state index is 12.8. The van der Waals surface area contributed by atoms with Gasteiger partial charge in [0.1, 0.15) is 5.69 Å². The van der Waals surface area contributed by atoms with Gasteiger partial charge in [-0.05, 0) is 36.4 Å². The fourth-order valence-corrected chi connectivity index (χ4v) is 3.90. The molecular weight excluding hydrogens is 344 g/mol. The molecule has 1 aromatic carbocycles. The Labute approximate surface area is 155 Å². The van der Waals surface area contributed by atoms with E-state index in [1.165, 1.54) is 5.56 Å². The average Bonchev–Trinajstić information content (AvgIpc) is 3.37. The summed E-state index contributed by atoms with van der Waals surface area (Å²) in [6.45, 7) is 3.55. The molecule has 0 atom stereocenters. The van der Waals surface area contributed by atoms with Crippen molar-refractivity contribution < 1.29 is 4.79 Å². The number of thiophene rings is 1. The molecular formula is C20H20N4OS. The van der Waals surface area contributed by atoms with Crippen LogP contribution in [-0.4, -0.2) is 20.3 Å². The number of aromatic nitrogens is 3. The number of hydrogen-bond donors (Lipinski definition) is 1. The van der Waals surface area contributed by atoms with Crippen LogP contribution in [0.5, 0.6) is 0 Å². The Kier molecular flexibility index (Phi) is 4.58. The summed E-state index contributed by atoms with van der Waals surface area (Å²) in [5, 5.41) is 9.32. The highest BCUT2D eigenvalue weighted by molar-refractivity contribution is 7.17. The second-order valence-corrected chi connectivity index (χ2v) is 7.05. The quantitative estimate of drug-likeness (QED) is 0.551. The summed E-state index contributed by atoms with van der Waals surface area (Å²) < 4.78 is 5.02. The van der Waals surface area contributed by atoms with E-state index >= 15 is 0 Å². The Morgan fingerprint density at radius 2 is 2.04 bits per heavy atom. The normalized spacial score (nSPS) is 11.1. The number of carbonyl (C=O) groups excluding carboxylic acids is 1. The summed E-state index contributed by atoms with van der Waals surface area (Å²) in [6.07, 6.45) is 2.74. The summed E-state index contributed by atoms with van der Waals surface area (Å²) in [6, 6.07) is 16.2. The maximum absolute atomic E-state index is 12.8. The van der Waals surface area contributed by atoms with Gasteiger partial charge in [-0.25, -0.2) is 0 Å². The van der Waals surface area contributed by atoms with Crippen molar-refractivity contribution >= 4 is 33.3 Å². The van der Waals surface area contributed by atoms with E-state index in [1.54, 1.807) is 16.0 Å². The molecule has 3 heterocycles. The molecule has 0 aliphatic carbocycles. The molecule has 5 nitrogen and oxygen atoms in total. The van der Waals surface area contributed by atoms with Gasteiger partial charge in [-0.15, -0.1) is 11.3 Å². The number of nitrogens with one attached hydrogen (secondary N) is 1. The van der Waals surface area contributed by atoms with E-state index in [-0.39, 0.29) is 5.91 Å². The van der Waals surface area contributed by atoms with Gasteiger partial charge in [-0.1, -0.05) is 30.3 Å². The Hall–Kier alpha value is -2.86. The lowest BCUT2D eigenvalue weighted by Crippen LogP contribution is -2.18. The smallest absolute Gasteiger partial charge is 0.273 e. The van der Waals surface area contributed by atoms with Crippen LogP contribution in [0.25, 0.3) is 10.2 Å². The molecule has 26 heavy (non-hydrogen) atoms. The minimum Gasteiger partial charge on any atom is -0.335 e. The molecule has 0 fully saturated rings. The van der Waals surface area contributed by atoms with Crippen molar-refractivity contribution in [3.8, 4) is 0 Å². The van der Waals surface area contributed by atoms with E-state index in [4.69, 9.17) is 0 Å². The molecule has 1 N–H and O–H groups in total. The van der Waals surface area contributed by atoms with Crippen LogP contribution in [0.1, 0.15) is 23.0 Å². The van der Waals surface area contributed by atoms with Crippen molar-refractivity contribution in [3.63, 3.8) is 0 Å². The van der Waals surface area contributed by atoms with Gasteiger partial charge in [-0.2, -0.15) is 5.10 Å². The van der Waals surface area contributed by atoms with Gasteiger partial charge in [0.05, 0.1) is 10.2 Å². The Bertz CT molecular complexity index is 1030. The zero-order valence-electron chi connectivity index (χ0n) is 14.6.